The van der Waals surface area contributed by atoms with Crippen molar-refractivity contribution in [2.45, 2.75) is 12.3 Å². The molecule has 0 saturated heterocycles. The van der Waals surface area contributed by atoms with Crippen LogP contribution in [0.25, 0.3) is 0 Å². The van der Waals surface area contributed by atoms with Gasteiger partial charge in [0.05, 0.1) is 13.2 Å². The van der Waals surface area contributed by atoms with Crippen LogP contribution in [0.3, 0.4) is 0 Å². The summed E-state index contributed by atoms with van der Waals surface area (Å²) in [6, 6.07) is 15.7. The van der Waals surface area contributed by atoms with E-state index in [2.05, 4.69) is 6.07 Å². The quantitative estimate of drug-likeness (QED) is 0.880. The normalized spacial score (nSPS) is 16.7. The van der Waals surface area contributed by atoms with Crippen LogP contribution in [0, 0.1) is 0 Å². The van der Waals surface area contributed by atoms with E-state index in [1.54, 1.807) is 0 Å². The maximum atomic E-state index is 5.92. The Labute approximate surface area is 129 Å². The lowest BCUT2D eigenvalue weighted by molar-refractivity contribution is 0.217. The average molecular weight is 299 g/mol. The lowest BCUT2D eigenvalue weighted by atomic mass is 9.94. The van der Waals surface area contributed by atoms with Crippen LogP contribution >= 0.6 is 12.2 Å². The SMILES string of the molecule is NC(=S)c1cccc(OCC2CCOc3ccccc32)c1. The van der Waals surface area contributed by atoms with E-state index in [-0.39, 0.29) is 0 Å². The Bertz CT molecular complexity index is 657. The van der Waals surface area contributed by atoms with Crippen molar-refractivity contribution in [1.29, 1.82) is 0 Å². The molecule has 1 unspecified atom stereocenters. The van der Waals surface area contributed by atoms with Gasteiger partial charge in [0.1, 0.15) is 16.5 Å². The van der Waals surface area contributed by atoms with Gasteiger partial charge in [-0.25, -0.2) is 0 Å². The van der Waals surface area contributed by atoms with Crippen molar-refractivity contribution >= 4 is 17.2 Å². The standard InChI is InChI=1S/C17H17NO2S/c18-17(21)12-4-3-5-14(10-12)20-11-13-8-9-19-16-7-2-1-6-15(13)16/h1-7,10,13H,8-9,11H2,(H2,18,21). The molecule has 0 radical (unpaired) electrons. The minimum atomic E-state index is 0.350. The number of thiocarbonyl (C=S) groups is 1. The first-order chi connectivity index (χ1) is 10.2. The zero-order valence-corrected chi connectivity index (χ0v) is 12.4. The van der Waals surface area contributed by atoms with E-state index >= 15 is 0 Å². The number of hydrogen-bond acceptors (Lipinski definition) is 3. The Hall–Kier alpha value is -2.07. The minimum Gasteiger partial charge on any atom is -0.493 e. The fourth-order valence-corrected chi connectivity index (χ4v) is 2.65. The van der Waals surface area contributed by atoms with E-state index in [4.69, 9.17) is 27.4 Å². The highest BCUT2D eigenvalue weighted by Gasteiger charge is 2.21. The second-order valence-electron chi connectivity index (χ2n) is 5.07. The number of hydrogen-bond donors (Lipinski definition) is 1. The van der Waals surface area contributed by atoms with E-state index in [0.717, 1.165) is 30.1 Å². The molecule has 0 saturated carbocycles. The van der Waals surface area contributed by atoms with Gasteiger partial charge in [0.15, 0.2) is 0 Å². The van der Waals surface area contributed by atoms with E-state index in [1.165, 1.54) is 5.56 Å². The second-order valence-corrected chi connectivity index (χ2v) is 5.51. The minimum absolute atomic E-state index is 0.350. The average Bonchev–Trinajstić information content (AvgIpc) is 2.53. The highest BCUT2D eigenvalue weighted by molar-refractivity contribution is 7.80. The molecule has 0 bridgehead atoms. The number of nitrogens with two attached hydrogens (primary N) is 1. The number of ether oxygens (including phenoxy) is 2. The van der Waals surface area contributed by atoms with Crippen LogP contribution < -0.4 is 15.2 Å². The molecule has 1 aliphatic heterocycles. The van der Waals surface area contributed by atoms with Crippen molar-refractivity contribution in [3.63, 3.8) is 0 Å². The molecular weight excluding hydrogens is 282 g/mol. The number of benzene rings is 2. The molecule has 0 aromatic heterocycles. The molecule has 21 heavy (non-hydrogen) atoms. The van der Waals surface area contributed by atoms with Gasteiger partial charge < -0.3 is 15.2 Å². The third kappa shape index (κ3) is 3.16. The summed E-state index contributed by atoms with van der Waals surface area (Å²) in [4.78, 5) is 0.386. The maximum absolute atomic E-state index is 5.92. The molecule has 2 N–H and O–H groups in total. The Morgan fingerprint density at radius 2 is 2.10 bits per heavy atom. The smallest absolute Gasteiger partial charge is 0.122 e. The summed E-state index contributed by atoms with van der Waals surface area (Å²) in [5, 5.41) is 0. The predicted octanol–water partition coefficient (Wildman–Crippen LogP) is 3.27. The summed E-state index contributed by atoms with van der Waals surface area (Å²) in [5.74, 6) is 2.11. The fourth-order valence-electron chi connectivity index (χ4n) is 2.52. The van der Waals surface area contributed by atoms with E-state index in [1.807, 2.05) is 42.5 Å². The molecule has 3 rings (SSSR count). The highest BCUT2D eigenvalue weighted by Crippen LogP contribution is 2.33. The van der Waals surface area contributed by atoms with Crippen LogP contribution in [-0.2, 0) is 0 Å². The van der Waals surface area contributed by atoms with Crippen molar-refractivity contribution in [3.05, 3.63) is 59.7 Å². The van der Waals surface area contributed by atoms with Gasteiger partial charge in [-0.05, 0) is 24.6 Å². The van der Waals surface area contributed by atoms with Crippen LogP contribution in [0.4, 0.5) is 0 Å². The topological polar surface area (TPSA) is 44.5 Å². The lowest BCUT2D eigenvalue weighted by Crippen LogP contribution is -2.19. The Balaban J connectivity index is 1.71. The van der Waals surface area contributed by atoms with Crippen LogP contribution in [0.2, 0.25) is 0 Å². The molecule has 0 fully saturated rings. The van der Waals surface area contributed by atoms with E-state index in [9.17, 15) is 0 Å². The van der Waals surface area contributed by atoms with Crippen molar-refractivity contribution < 1.29 is 9.47 Å². The first kappa shape index (κ1) is 13.9. The molecule has 108 valence electrons. The molecule has 1 heterocycles. The van der Waals surface area contributed by atoms with Crippen molar-refractivity contribution in [1.82, 2.24) is 0 Å². The molecule has 3 nitrogen and oxygen atoms in total. The van der Waals surface area contributed by atoms with Gasteiger partial charge in [0.25, 0.3) is 0 Å². The molecule has 2 aromatic rings. The molecule has 1 aliphatic rings. The van der Waals surface area contributed by atoms with Crippen molar-refractivity contribution in [2.75, 3.05) is 13.2 Å². The van der Waals surface area contributed by atoms with Gasteiger partial charge in [0, 0.05) is 17.0 Å². The van der Waals surface area contributed by atoms with E-state index in [0.29, 0.717) is 17.5 Å². The first-order valence-corrected chi connectivity index (χ1v) is 7.39. The van der Waals surface area contributed by atoms with Gasteiger partial charge in [-0.3, -0.25) is 0 Å². The molecule has 4 heteroatoms. The van der Waals surface area contributed by atoms with Gasteiger partial charge in [-0.2, -0.15) is 0 Å². The summed E-state index contributed by atoms with van der Waals surface area (Å²) in [6.07, 6.45) is 0.964. The first-order valence-electron chi connectivity index (χ1n) is 6.98. The molecule has 0 amide bonds. The van der Waals surface area contributed by atoms with Gasteiger partial charge in [-0.1, -0.05) is 42.5 Å². The summed E-state index contributed by atoms with van der Waals surface area (Å²) >= 11 is 4.99. The van der Waals surface area contributed by atoms with E-state index < -0.39 is 0 Å². The monoisotopic (exact) mass is 299 g/mol. The van der Waals surface area contributed by atoms with Crippen LogP contribution in [0.15, 0.2) is 48.5 Å². The Morgan fingerprint density at radius 3 is 2.95 bits per heavy atom. The summed E-state index contributed by atoms with van der Waals surface area (Å²) in [5.41, 5.74) is 7.69. The number of rotatable bonds is 4. The summed E-state index contributed by atoms with van der Waals surface area (Å²) in [7, 11) is 0. The zero-order chi connectivity index (χ0) is 14.7. The third-order valence-corrected chi connectivity index (χ3v) is 3.89. The summed E-state index contributed by atoms with van der Waals surface area (Å²) < 4.78 is 11.6. The molecule has 1 atom stereocenters. The Morgan fingerprint density at radius 1 is 1.24 bits per heavy atom. The molecule has 2 aromatic carbocycles. The molecular formula is C17H17NO2S. The fraction of sp³-hybridized carbons (Fsp3) is 0.235. The Kier molecular flexibility index (Phi) is 4.06. The summed E-state index contributed by atoms with van der Waals surface area (Å²) in [6.45, 7) is 1.36. The number of para-hydroxylation sites is 1. The largest absolute Gasteiger partial charge is 0.493 e. The van der Waals surface area contributed by atoms with Crippen LogP contribution in [0.1, 0.15) is 23.5 Å². The van der Waals surface area contributed by atoms with Crippen molar-refractivity contribution in [3.8, 4) is 11.5 Å². The number of fused-ring (bicyclic) bond motifs is 1. The lowest BCUT2D eigenvalue weighted by Gasteiger charge is -2.25. The van der Waals surface area contributed by atoms with Gasteiger partial charge in [-0.15, -0.1) is 0 Å². The predicted molar refractivity (Wildman–Crippen MR) is 87.1 cm³/mol. The van der Waals surface area contributed by atoms with Gasteiger partial charge in [0.2, 0.25) is 0 Å². The molecule has 0 aliphatic carbocycles. The highest BCUT2D eigenvalue weighted by atomic mass is 32.1. The maximum Gasteiger partial charge on any atom is 0.122 e. The molecule has 0 spiro atoms. The van der Waals surface area contributed by atoms with Crippen LogP contribution in [-0.4, -0.2) is 18.2 Å². The van der Waals surface area contributed by atoms with Crippen molar-refractivity contribution in [2.24, 2.45) is 5.73 Å². The third-order valence-electron chi connectivity index (χ3n) is 3.65. The zero-order valence-electron chi connectivity index (χ0n) is 11.6. The van der Waals surface area contributed by atoms with Crippen LogP contribution in [0.5, 0.6) is 11.5 Å². The second kappa shape index (κ2) is 6.14. The van der Waals surface area contributed by atoms with Gasteiger partial charge >= 0.3 is 0 Å².